The van der Waals surface area contributed by atoms with Crippen LogP contribution in [-0.4, -0.2) is 47.4 Å². The Balaban J connectivity index is 1.79. The Labute approximate surface area is 186 Å². The average Bonchev–Trinajstić information content (AvgIpc) is 2.79. The molecule has 1 atom stereocenters. The van der Waals surface area contributed by atoms with E-state index >= 15 is 0 Å². The van der Waals surface area contributed by atoms with Crippen molar-refractivity contribution in [3.63, 3.8) is 0 Å². The summed E-state index contributed by atoms with van der Waals surface area (Å²) in [6, 6.07) is 12.2. The van der Waals surface area contributed by atoms with E-state index < -0.39 is 10.0 Å². The van der Waals surface area contributed by atoms with Gasteiger partial charge in [-0.1, -0.05) is 44.2 Å². The van der Waals surface area contributed by atoms with Gasteiger partial charge < -0.3 is 4.90 Å². The second-order valence-corrected chi connectivity index (χ2v) is 10.3. The first kappa shape index (κ1) is 23.4. The van der Waals surface area contributed by atoms with Crippen molar-refractivity contribution in [2.24, 2.45) is 5.92 Å². The van der Waals surface area contributed by atoms with Gasteiger partial charge in [0, 0.05) is 38.6 Å². The van der Waals surface area contributed by atoms with Crippen LogP contribution in [0.3, 0.4) is 0 Å². The zero-order chi connectivity index (χ0) is 22.3. The second-order valence-electron chi connectivity index (χ2n) is 8.24. The van der Waals surface area contributed by atoms with Gasteiger partial charge in [-0.2, -0.15) is 0 Å². The number of pyridine rings is 1. The normalized spacial score (nSPS) is 17.4. The van der Waals surface area contributed by atoms with Crippen molar-refractivity contribution in [2.45, 2.75) is 52.6 Å². The topological polar surface area (TPSA) is 70.6 Å². The van der Waals surface area contributed by atoms with Gasteiger partial charge in [0.25, 0.3) is 0 Å². The molecule has 1 aliphatic heterocycles. The molecule has 1 saturated heterocycles. The predicted molar refractivity (Wildman–Crippen MR) is 123 cm³/mol. The molecule has 1 aliphatic rings. The van der Waals surface area contributed by atoms with Crippen molar-refractivity contribution in [3.05, 3.63) is 65.5 Å². The number of piperidine rings is 1. The third-order valence-corrected chi connectivity index (χ3v) is 7.84. The summed E-state index contributed by atoms with van der Waals surface area (Å²) in [4.78, 5) is 19.6. The van der Waals surface area contributed by atoms with Gasteiger partial charge in [0.1, 0.15) is 0 Å². The van der Waals surface area contributed by atoms with Crippen molar-refractivity contribution in [3.8, 4) is 0 Å². The number of amides is 1. The largest absolute Gasteiger partial charge is 0.334 e. The third kappa shape index (κ3) is 6.37. The van der Waals surface area contributed by atoms with Gasteiger partial charge in [-0.25, -0.2) is 12.7 Å². The van der Waals surface area contributed by atoms with Crippen LogP contribution in [0.25, 0.3) is 0 Å². The zero-order valence-corrected chi connectivity index (χ0v) is 19.4. The molecular weight excluding hydrogens is 410 g/mol. The lowest BCUT2D eigenvalue weighted by Crippen LogP contribution is -2.47. The van der Waals surface area contributed by atoms with Crippen LogP contribution in [0.1, 0.15) is 49.8 Å². The summed E-state index contributed by atoms with van der Waals surface area (Å²) in [6.45, 7) is 5.72. The number of hydrogen-bond acceptors (Lipinski definition) is 4. The Kier molecular flexibility index (Phi) is 8.21. The molecule has 1 fully saturated rings. The first-order valence-electron chi connectivity index (χ1n) is 11.2. The Bertz CT molecular complexity index is 946. The van der Waals surface area contributed by atoms with Gasteiger partial charge in [0.15, 0.2) is 0 Å². The van der Waals surface area contributed by atoms with Crippen molar-refractivity contribution < 1.29 is 13.2 Å². The summed E-state index contributed by atoms with van der Waals surface area (Å²) >= 11 is 0. The number of benzene rings is 1. The van der Waals surface area contributed by atoms with Gasteiger partial charge in [0.2, 0.25) is 15.9 Å². The number of hydrogen-bond donors (Lipinski definition) is 0. The van der Waals surface area contributed by atoms with Gasteiger partial charge in [0.05, 0.1) is 11.7 Å². The zero-order valence-electron chi connectivity index (χ0n) is 18.5. The lowest BCUT2D eigenvalue weighted by Gasteiger charge is -2.34. The second kappa shape index (κ2) is 10.9. The molecule has 0 saturated carbocycles. The predicted octanol–water partition coefficient (Wildman–Crippen LogP) is 3.62. The number of nitrogens with zero attached hydrogens (tertiary/aromatic N) is 3. The minimum absolute atomic E-state index is 0.0137. The van der Waals surface area contributed by atoms with E-state index in [0.29, 0.717) is 32.5 Å². The van der Waals surface area contributed by atoms with E-state index in [1.165, 1.54) is 9.87 Å². The minimum Gasteiger partial charge on any atom is -0.334 e. The molecule has 1 aromatic heterocycles. The number of aryl methyl sites for hydroxylation is 1. The molecular formula is C24H33N3O3S. The van der Waals surface area contributed by atoms with E-state index in [2.05, 4.69) is 36.2 Å². The summed E-state index contributed by atoms with van der Waals surface area (Å²) in [5.74, 6) is -0.163. The van der Waals surface area contributed by atoms with Crippen molar-refractivity contribution >= 4 is 15.9 Å². The number of sulfonamides is 1. The van der Waals surface area contributed by atoms with Crippen LogP contribution in [-0.2, 0) is 34.3 Å². The fourth-order valence-electron chi connectivity index (χ4n) is 4.07. The van der Waals surface area contributed by atoms with E-state index in [4.69, 9.17) is 0 Å². The van der Waals surface area contributed by atoms with Crippen molar-refractivity contribution in [1.82, 2.24) is 14.2 Å². The summed E-state index contributed by atoms with van der Waals surface area (Å²) < 4.78 is 26.6. The van der Waals surface area contributed by atoms with Crippen LogP contribution in [0, 0.1) is 5.92 Å². The maximum atomic E-state index is 13.5. The van der Waals surface area contributed by atoms with E-state index in [9.17, 15) is 13.2 Å². The highest BCUT2D eigenvalue weighted by Crippen LogP contribution is 2.24. The highest BCUT2D eigenvalue weighted by molar-refractivity contribution is 7.89. The molecule has 0 bridgehead atoms. The average molecular weight is 444 g/mol. The Morgan fingerprint density at radius 1 is 1.10 bits per heavy atom. The maximum absolute atomic E-state index is 13.5. The summed E-state index contributed by atoms with van der Waals surface area (Å²) in [7, 11) is -3.30. The Morgan fingerprint density at radius 3 is 2.45 bits per heavy atom. The summed E-state index contributed by atoms with van der Waals surface area (Å²) in [5.41, 5.74) is 3.30. The summed E-state index contributed by atoms with van der Waals surface area (Å²) in [6.07, 6.45) is 6.48. The quantitative estimate of drug-likeness (QED) is 0.593. The number of rotatable bonds is 9. The lowest BCUT2D eigenvalue weighted by atomic mass is 9.97. The van der Waals surface area contributed by atoms with Gasteiger partial charge in [-0.3, -0.25) is 9.78 Å². The van der Waals surface area contributed by atoms with Gasteiger partial charge in [-0.15, -0.1) is 0 Å². The molecule has 1 amide bonds. The molecule has 0 N–H and O–H groups in total. The molecule has 0 radical (unpaired) electrons. The van der Waals surface area contributed by atoms with Crippen molar-refractivity contribution in [2.75, 3.05) is 18.8 Å². The first-order valence-corrected chi connectivity index (χ1v) is 12.8. The molecule has 31 heavy (non-hydrogen) atoms. The monoisotopic (exact) mass is 443 g/mol. The highest BCUT2D eigenvalue weighted by Gasteiger charge is 2.34. The molecule has 6 nitrogen and oxygen atoms in total. The molecule has 0 spiro atoms. The van der Waals surface area contributed by atoms with E-state index in [1.807, 2.05) is 24.0 Å². The fraction of sp³-hybridized carbons (Fsp3) is 0.500. The Hall–Kier alpha value is -2.25. The lowest BCUT2D eigenvalue weighted by molar-refractivity contribution is -0.138. The molecule has 3 rings (SSSR count). The molecule has 7 heteroatoms. The molecule has 2 aromatic rings. The van der Waals surface area contributed by atoms with E-state index in [0.717, 1.165) is 24.0 Å². The van der Waals surface area contributed by atoms with E-state index in [-0.39, 0.29) is 24.1 Å². The maximum Gasteiger partial charge on any atom is 0.227 e. The Morgan fingerprint density at radius 2 is 1.81 bits per heavy atom. The van der Waals surface area contributed by atoms with E-state index in [1.54, 1.807) is 12.4 Å². The van der Waals surface area contributed by atoms with Gasteiger partial charge in [-0.05, 0) is 48.4 Å². The van der Waals surface area contributed by atoms with Crippen LogP contribution in [0.4, 0.5) is 0 Å². The smallest absolute Gasteiger partial charge is 0.227 e. The molecule has 168 valence electrons. The number of carbonyl (C=O) groups is 1. The van der Waals surface area contributed by atoms with Crippen LogP contribution in [0.2, 0.25) is 0 Å². The first-order chi connectivity index (χ1) is 14.9. The molecule has 1 unspecified atom stereocenters. The van der Waals surface area contributed by atoms with Gasteiger partial charge >= 0.3 is 0 Å². The van der Waals surface area contributed by atoms with Crippen molar-refractivity contribution in [1.29, 1.82) is 0 Å². The summed E-state index contributed by atoms with van der Waals surface area (Å²) in [5, 5.41) is 0. The van der Waals surface area contributed by atoms with Crippen LogP contribution in [0.15, 0.2) is 48.8 Å². The van der Waals surface area contributed by atoms with Crippen LogP contribution < -0.4 is 0 Å². The third-order valence-electron chi connectivity index (χ3n) is 5.80. The minimum atomic E-state index is -3.30. The number of aromatic nitrogens is 1. The molecule has 2 heterocycles. The van der Waals surface area contributed by atoms with Crippen LogP contribution in [0.5, 0.6) is 0 Å². The molecule has 0 aliphatic carbocycles. The number of carbonyl (C=O) groups excluding carboxylic acids is 1. The highest BCUT2D eigenvalue weighted by atomic mass is 32.2. The fourth-order valence-corrected chi connectivity index (χ4v) is 5.65. The standard InChI is InChI=1S/C24H33N3O3S/c1-3-15-31(29,30)27-14-6-8-23(19-27)24(28)26(18-22-7-5-13-25-16-22)17-21-11-9-20(4-2)10-12-21/h5,7,9-13,16,23H,3-4,6,8,14-15,17-19H2,1-2H3. The SMILES string of the molecule is CCCS(=O)(=O)N1CCCC(C(=O)N(Cc2ccc(CC)cc2)Cc2cccnc2)C1. The molecule has 1 aromatic carbocycles. The van der Waals surface area contributed by atoms with Crippen LogP contribution >= 0.6 is 0 Å².